The van der Waals surface area contributed by atoms with Crippen LogP contribution in [0.1, 0.15) is 7.43 Å². The van der Waals surface area contributed by atoms with Crippen molar-refractivity contribution < 1.29 is 0 Å². The summed E-state index contributed by atoms with van der Waals surface area (Å²) in [6, 6.07) is 161. The van der Waals surface area contributed by atoms with Gasteiger partial charge in [0.15, 0.2) is 16.1 Å². The first-order chi connectivity index (χ1) is 58.0. The SMILES string of the molecule is Brc1cccc([Si](c2ccccc2)(c2ccccc2)c2cccc3c2sc2ccccc23)c1.C.c1ccc([Si](c2ccccc2)(c2cccc(-n3c4ccccc4c4cc(-n5c6ccccc6c6ccccc65)ccc43)c2)c2cccc3c2sc2ccccc23)cc1.c1ccc2c(c1)[nH]c1ccc(-n3c4ccccc4c4ccccc43)cc12. The first-order valence-corrected chi connectivity index (χ1v) is 46.3. The van der Waals surface area contributed by atoms with Gasteiger partial charge < -0.3 is 18.7 Å². The highest BCUT2D eigenvalue weighted by Crippen LogP contribution is 2.41. The van der Waals surface area contributed by atoms with E-state index in [1.165, 1.54) is 180 Å². The minimum atomic E-state index is -2.91. The summed E-state index contributed by atoms with van der Waals surface area (Å²) in [5, 5.41) is 26.7. The minimum absolute atomic E-state index is 0. The van der Waals surface area contributed by atoms with Gasteiger partial charge in [-0.3, -0.25) is 0 Å². The van der Waals surface area contributed by atoms with E-state index in [1.807, 2.05) is 22.7 Å². The van der Waals surface area contributed by atoms with Gasteiger partial charge in [-0.05, 0) is 151 Å². The molecule has 118 heavy (non-hydrogen) atoms. The molecule has 9 heteroatoms. The average molecular weight is 1640 g/mol. The Hall–Kier alpha value is -13.5. The van der Waals surface area contributed by atoms with Crippen LogP contribution < -0.4 is 41.5 Å². The zero-order valence-electron chi connectivity index (χ0n) is 63.6. The largest absolute Gasteiger partial charge is 0.355 e. The van der Waals surface area contributed by atoms with E-state index in [9.17, 15) is 0 Å². The molecule has 0 spiro atoms. The topological polar surface area (TPSA) is 30.6 Å². The maximum atomic E-state index is 3.77. The van der Waals surface area contributed by atoms with Gasteiger partial charge in [-0.15, -0.1) is 22.7 Å². The van der Waals surface area contributed by atoms with Crippen LogP contribution in [0.4, 0.5) is 0 Å². The second-order valence-corrected chi connectivity index (χ2v) is 40.8. The van der Waals surface area contributed by atoms with E-state index in [2.05, 4.69) is 471 Å². The van der Waals surface area contributed by atoms with Gasteiger partial charge in [0.2, 0.25) is 0 Å². The molecule has 0 bridgehead atoms. The number of thiophene rings is 2. The smallest absolute Gasteiger partial charge is 0.181 e. The second-order valence-electron chi connectivity index (χ2n) is 30.3. The van der Waals surface area contributed by atoms with E-state index < -0.39 is 16.1 Å². The Morgan fingerprint density at radius 1 is 0.212 bits per heavy atom. The molecule has 24 rings (SSSR count). The number of hydrogen-bond acceptors (Lipinski definition) is 2. The Morgan fingerprint density at radius 3 is 0.958 bits per heavy atom. The van der Waals surface area contributed by atoms with Crippen molar-refractivity contribution in [3.63, 3.8) is 0 Å². The highest BCUT2D eigenvalue weighted by atomic mass is 79.9. The summed E-state index contributed by atoms with van der Waals surface area (Å²) in [4.78, 5) is 3.52. The maximum absolute atomic E-state index is 3.77. The Bertz CT molecular complexity index is 7750. The van der Waals surface area contributed by atoms with Crippen LogP contribution in [0.5, 0.6) is 0 Å². The standard InChI is InChI=1S/C54H36N2SSi.C30H21BrSSi.C24H16N2.CH4/c1-3-18-39(19-4-1)58(40-20-5-2-6-21-40,53-32-16-27-46-45-26-10-14-31-52(45)57-54(46)53)41-22-15-17-37(35-41)55-50-30-13-9-25-44(50)47-36-38(33-34-51(47)55)56-48-28-11-7-23-42(48)43-24-8-12-29-49(43)56;31-22-11-9-16-25(21-22)33(23-12-3-1-4-13-23,24-14-5-2-6-15-24)29-20-10-18-27-26-17-7-8-19-28(26)32-30(27)29;1-4-10-21-17(7-1)20-15-16(13-14-22(20)25-21)26-23-11-5-2-8-18(23)19-9-3-6-12-24(19)26;/h1-36H;1-21H;1-15,25H;1H4. The highest BCUT2D eigenvalue weighted by Gasteiger charge is 2.45. The lowest BCUT2D eigenvalue weighted by atomic mass is 10.1. The molecule has 0 fully saturated rings. The van der Waals surface area contributed by atoms with Crippen molar-refractivity contribution in [2.24, 2.45) is 0 Å². The summed E-state index contributed by atoms with van der Waals surface area (Å²) in [5.41, 5.74) is 13.2. The third-order valence-corrected chi connectivity index (χ3v) is 37.0. The minimum Gasteiger partial charge on any atom is -0.355 e. The van der Waals surface area contributed by atoms with Crippen molar-refractivity contribution in [2.45, 2.75) is 7.43 Å². The van der Waals surface area contributed by atoms with Gasteiger partial charge in [0.25, 0.3) is 0 Å². The van der Waals surface area contributed by atoms with E-state index in [0.717, 1.165) is 10.2 Å². The zero-order valence-corrected chi connectivity index (χ0v) is 68.8. The van der Waals surface area contributed by atoms with Crippen molar-refractivity contribution >= 4 is 224 Å². The fraction of sp³-hybridized carbons (Fsp3) is 0.00917. The molecule has 0 aliphatic rings. The van der Waals surface area contributed by atoms with Crippen LogP contribution in [0.15, 0.2) is 441 Å². The molecule has 0 atom stereocenters. The van der Waals surface area contributed by atoms with E-state index in [-0.39, 0.29) is 7.43 Å². The molecule has 1 N–H and O–H groups in total. The number of nitrogens with one attached hydrogen (secondary N) is 1. The van der Waals surface area contributed by atoms with Gasteiger partial charge in [-0.25, -0.2) is 0 Å². The molecular formula is C109H77BrN4S2Si2. The van der Waals surface area contributed by atoms with Crippen molar-refractivity contribution in [1.82, 2.24) is 18.7 Å². The van der Waals surface area contributed by atoms with Crippen LogP contribution in [0.2, 0.25) is 0 Å². The number of fused-ring (bicyclic) bond motifs is 18. The normalized spacial score (nSPS) is 11.9. The maximum Gasteiger partial charge on any atom is 0.181 e. The molecule has 0 radical (unpaired) electrons. The molecule has 18 aromatic carbocycles. The number of H-pyrrole nitrogens is 1. The molecule has 0 amide bonds. The predicted molar refractivity (Wildman–Crippen MR) is 519 cm³/mol. The van der Waals surface area contributed by atoms with Gasteiger partial charge in [0.05, 0.1) is 33.1 Å². The number of halogens is 1. The van der Waals surface area contributed by atoms with E-state index in [4.69, 9.17) is 0 Å². The second kappa shape index (κ2) is 30.0. The fourth-order valence-corrected chi connectivity index (χ4v) is 32.9. The Labute approximate surface area is 702 Å². The quantitative estimate of drug-likeness (QED) is 0.0988. The number of aromatic amines is 1. The number of hydrogen-bond donors (Lipinski definition) is 1. The van der Waals surface area contributed by atoms with Crippen LogP contribution >= 0.6 is 38.6 Å². The summed E-state index contributed by atoms with van der Waals surface area (Å²) in [7, 11) is -5.49. The van der Waals surface area contributed by atoms with Gasteiger partial charge in [-0.2, -0.15) is 0 Å². The molecule has 6 aromatic heterocycles. The van der Waals surface area contributed by atoms with Crippen LogP contribution in [-0.2, 0) is 0 Å². The van der Waals surface area contributed by atoms with Gasteiger partial charge in [0.1, 0.15) is 0 Å². The predicted octanol–water partition coefficient (Wildman–Crippen LogP) is 24.9. The van der Waals surface area contributed by atoms with Gasteiger partial charge in [-0.1, -0.05) is 351 Å². The van der Waals surface area contributed by atoms with E-state index in [0.29, 0.717) is 0 Å². The zero-order chi connectivity index (χ0) is 77.5. The molecule has 560 valence electrons. The number of nitrogens with zero attached hydrogens (tertiary/aromatic N) is 3. The molecule has 0 aliphatic carbocycles. The molecule has 0 aliphatic heterocycles. The van der Waals surface area contributed by atoms with Crippen LogP contribution in [0.25, 0.3) is 145 Å². The van der Waals surface area contributed by atoms with Crippen molar-refractivity contribution in [1.29, 1.82) is 0 Å². The number of aromatic nitrogens is 4. The monoisotopic (exact) mass is 1640 g/mol. The van der Waals surface area contributed by atoms with Crippen molar-refractivity contribution in [3.05, 3.63) is 441 Å². The summed E-state index contributed by atoms with van der Waals surface area (Å²) >= 11 is 7.64. The summed E-state index contributed by atoms with van der Waals surface area (Å²) in [6.45, 7) is 0. The van der Waals surface area contributed by atoms with Gasteiger partial charge in [0, 0.05) is 116 Å². The first kappa shape index (κ1) is 72.2. The summed E-state index contributed by atoms with van der Waals surface area (Å²) < 4.78 is 13.8. The lowest BCUT2D eigenvalue weighted by Gasteiger charge is -2.35. The van der Waals surface area contributed by atoms with Crippen molar-refractivity contribution in [3.8, 4) is 17.1 Å². The average Bonchev–Trinajstić information content (AvgIpc) is 1.31. The van der Waals surface area contributed by atoms with Crippen LogP contribution in [-0.4, -0.2) is 34.8 Å². The fourth-order valence-electron chi connectivity index (χ4n) is 19.1. The molecule has 0 unspecified atom stereocenters. The van der Waals surface area contributed by atoms with Gasteiger partial charge >= 0.3 is 0 Å². The number of para-hydroxylation sites is 6. The number of benzene rings is 18. The first-order valence-electron chi connectivity index (χ1n) is 39.9. The lowest BCUT2D eigenvalue weighted by molar-refractivity contribution is 1.17. The third kappa shape index (κ3) is 11.7. The molecule has 0 saturated heterocycles. The molecule has 24 aromatic rings. The Morgan fingerprint density at radius 2 is 0.517 bits per heavy atom. The Balaban J connectivity index is 0.000000121. The van der Waals surface area contributed by atoms with Crippen LogP contribution in [0, 0.1) is 0 Å². The number of rotatable bonds is 11. The molecule has 0 saturated carbocycles. The summed E-state index contributed by atoms with van der Waals surface area (Å²) in [6.07, 6.45) is 0. The molecule has 4 nitrogen and oxygen atoms in total. The van der Waals surface area contributed by atoms with Crippen LogP contribution in [0.3, 0.4) is 0 Å². The Kier molecular flexibility index (Phi) is 18.3. The van der Waals surface area contributed by atoms with Crippen molar-refractivity contribution in [2.75, 3.05) is 0 Å². The highest BCUT2D eigenvalue weighted by molar-refractivity contribution is 9.10. The summed E-state index contributed by atoms with van der Waals surface area (Å²) in [5.74, 6) is 0. The lowest BCUT2D eigenvalue weighted by Crippen LogP contribution is -2.74. The molecular weight excluding hydrogens is 1570 g/mol. The third-order valence-electron chi connectivity index (χ3n) is 24.1. The van der Waals surface area contributed by atoms with E-state index >= 15 is 0 Å². The van der Waals surface area contributed by atoms with E-state index in [1.54, 1.807) is 0 Å². The molecule has 6 heterocycles.